The zero-order chi connectivity index (χ0) is 14.1. The van der Waals surface area contributed by atoms with Crippen LogP contribution < -0.4 is 5.73 Å². The largest absolute Gasteiger partial charge is 0.416 e. The van der Waals surface area contributed by atoms with Gasteiger partial charge in [-0.05, 0) is 11.6 Å². The molecule has 1 unspecified atom stereocenters. The molecule has 1 aliphatic heterocycles. The number of amides is 1. The number of hydrogen-bond donors (Lipinski definition) is 1. The summed E-state index contributed by atoms with van der Waals surface area (Å²) in [5, 5.41) is 3.48. The molecule has 7 heteroatoms. The molecule has 1 amide bonds. The van der Waals surface area contributed by atoms with Crippen molar-refractivity contribution in [1.29, 1.82) is 0 Å². The average molecular weight is 272 g/mol. The highest BCUT2D eigenvalue weighted by Crippen LogP contribution is 2.31. The molecule has 1 aromatic carbocycles. The van der Waals surface area contributed by atoms with Crippen molar-refractivity contribution in [2.45, 2.75) is 24.6 Å². The first-order valence-electron chi connectivity index (χ1n) is 5.49. The molecule has 0 radical (unpaired) electrons. The first kappa shape index (κ1) is 13.4. The molecule has 0 aliphatic carbocycles. The van der Waals surface area contributed by atoms with Crippen LogP contribution >= 0.6 is 0 Å². The van der Waals surface area contributed by atoms with Crippen molar-refractivity contribution in [2.75, 3.05) is 0 Å². The Bertz CT molecular complexity index is 518. The quantitative estimate of drug-likeness (QED) is 0.913. The number of carbonyl (C=O) groups excluding carboxylic acids is 1. The normalized spacial score (nSPS) is 22.3. The number of hydrogen-bond acceptors (Lipinski definition) is 3. The summed E-state index contributed by atoms with van der Waals surface area (Å²) in [4.78, 5) is 16.3. The van der Waals surface area contributed by atoms with Crippen molar-refractivity contribution >= 4 is 12.1 Å². The highest BCUT2D eigenvalue weighted by atomic mass is 19.4. The first-order chi connectivity index (χ1) is 8.83. The summed E-state index contributed by atoms with van der Waals surface area (Å²) in [6.45, 7) is 0. The van der Waals surface area contributed by atoms with Crippen molar-refractivity contribution < 1.29 is 22.8 Å². The van der Waals surface area contributed by atoms with Crippen molar-refractivity contribution in [3.8, 4) is 0 Å². The van der Waals surface area contributed by atoms with E-state index in [-0.39, 0.29) is 12.8 Å². The Morgan fingerprint density at radius 2 is 2.21 bits per heavy atom. The predicted octanol–water partition coefficient (Wildman–Crippen LogP) is 1.88. The van der Waals surface area contributed by atoms with E-state index >= 15 is 0 Å². The highest BCUT2D eigenvalue weighted by molar-refractivity contribution is 5.88. The Kier molecular flexibility index (Phi) is 3.21. The van der Waals surface area contributed by atoms with E-state index in [9.17, 15) is 18.0 Å². The average Bonchev–Trinajstić information content (AvgIpc) is 2.78. The Morgan fingerprint density at radius 1 is 1.47 bits per heavy atom. The second-order valence-corrected chi connectivity index (χ2v) is 4.32. The number of halogens is 3. The topological polar surface area (TPSA) is 64.7 Å². The number of primary amides is 1. The fourth-order valence-corrected chi connectivity index (χ4v) is 1.88. The van der Waals surface area contributed by atoms with Gasteiger partial charge in [0, 0.05) is 19.1 Å². The molecule has 1 aromatic rings. The van der Waals surface area contributed by atoms with Crippen LogP contribution in [0, 0.1) is 0 Å². The van der Waals surface area contributed by atoms with Crippen molar-refractivity contribution in [3.05, 3.63) is 35.4 Å². The van der Waals surface area contributed by atoms with Crippen LogP contribution in [-0.4, -0.2) is 17.7 Å². The van der Waals surface area contributed by atoms with Gasteiger partial charge in [0.25, 0.3) is 5.91 Å². The molecule has 0 saturated carbocycles. The fraction of sp³-hybridized carbons (Fsp3) is 0.333. The number of benzene rings is 1. The predicted molar refractivity (Wildman–Crippen MR) is 61.3 cm³/mol. The van der Waals surface area contributed by atoms with Gasteiger partial charge in [-0.15, -0.1) is 0 Å². The zero-order valence-electron chi connectivity index (χ0n) is 9.78. The van der Waals surface area contributed by atoms with E-state index in [4.69, 9.17) is 10.6 Å². The summed E-state index contributed by atoms with van der Waals surface area (Å²) in [6, 6.07) is 4.71. The maximum atomic E-state index is 12.6. The molecule has 1 heterocycles. The Labute approximate surface area is 107 Å². The van der Waals surface area contributed by atoms with E-state index in [1.165, 1.54) is 18.3 Å². The molecule has 2 N–H and O–H groups in total. The second-order valence-electron chi connectivity index (χ2n) is 4.32. The Balaban J connectivity index is 2.26. The Hall–Kier alpha value is -2.05. The summed E-state index contributed by atoms with van der Waals surface area (Å²) in [5.41, 5.74) is 3.40. The summed E-state index contributed by atoms with van der Waals surface area (Å²) >= 11 is 0. The number of nitrogens with two attached hydrogens (primary N) is 1. The lowest BCUT2D eigenvalue weighted by atomic mass is 9.90. The van der Waals surface area contributed by atoms with Gasteiger partial charge < -0.3 is 10.6 Å². The number of oxime groups is 1. The van der Waals surface area contributed by atoms with Gasteiger partial charge >= 0.3 is 6.18 Å². The van der Waals surface area contributed by atoms with E-state index in [0.29, 0.717) is 5.56 Å². The highest BCUT2D eigenvalue weighted by Gasteiger charge is 2.42. The van der Waals surface area contributed by atoms with E-state index in [1.807, 2.05) is 0 Å². The van der Waals surface area contributed by atoms with E-state index in [1.54, 1.807) is 0 Å². The number of carbonyl (C=O) groups is 1. The van der Waals surface area contributed by atoms with Crippen LogP contribution in [0.5, 0.6) is 0 Å². The summed E-state index contributed by atoms with van der Waals surface area (Å²) in [5.74, 6) is -0.748. The van der Waals surface area contributed by atoms with Gasteiger partial charge in [0.15, 0.2) is 0 Å². The van der Waals surface area contributed by atoms with Crippen molar-refractivity contribution in [3.63, 3.8) is 0 Å². The van der Waals surface area contributed by atoms with E-state index < -0.39 is 23.2 Å². The molecule has 1 atom stereocenters. The van der Waals surface area contributed by atoms with Crippen molar-refractivity contribution in [2.24, 2.45) is 10.9 Å². The zero-order valence-corrected chi connectivity index (χ0v) is 9.78. The van der Waals surface area contributed by atoms with Gasteiger partial charge in [0.2, 0.25) is 5.60 Å². The second kappa shape index (κ2) is 4.56. The van der Waals surface area contributed by atoms with Gasteiger partial charge in [-0.3, -0.25) is 4.79 Å². The van der Waals surface area contributed by atoms with Crippen LogP contribution in [0.2, 0.25) is 0 Å². The smallest absolute Gasteiger partial charge is 0.379 e. The van der Waals surface area contributed by atoms with Crippen LogP contribution in [0.1, 0.15) is 17.5 Å². The third-order valence-electron chi connectivity index (χ3n) is 2.92. The molecule has 1 aliphatic rings. The third kappa shape index (κ3) is 2.69. The minimum atomic E-state index is -4.43. The maximum absolute atomic E-state index is 12.6. The molecule has 2 rings (SSSR count). The van der Waals surface area contributed by atoms with E-state index in [2.05, 4.69) is 5.16 Å². The molecular formula is C12H11F3N2O2. The van der Waals surface area contributed by atoms with Crippen molar-refractivity contribution in [1.82, 2.24) is 0 Å². The van der Waals surface area contributed by atoms with Crippen LogP contribution in [-0.2, 0) is 22.2 Å². The molecule has 0 aromatic heterocycles. The Morgan fingerprint density at radius 3 is 2.74 bits per heavy atom. The van der Waals surface area contributed by atoms with Crippen LogP contribution in [0.25, 0.3) is 0 Å². The standard InChI is InChI=1S/C12H11F3N2O2/c13-12(14,15)9-3-1-2-8(6-9)7-11(10(16)18)4-5-17-19-11/h1-3,5-6H,4,7H2,(H2,16,18). The molecule has 0 saturated heterocycles. The lowest BCUT2D eigenvalue weighted by molar-refractivity contribution is -0.140. The number of rotatable bonds is 3. The van der Waals surface area contributed by atoms with Gasteiger partial charge in [-0.1, -0.05) is 23.4 Å². The lowest BCUT2D eigenvalue weighted by Gasteiger charge is -2.22. The molecule has 0 spiro atoms. The first-order valence-corrected chi connectivity index (χ1v) is 5.49. The van der Waals surface area contributed by atoms with Gasteiger partial charge in [0.1, 0.15) is 0 Å². The molecular weight excluding hydrogens is 261 g/mol. The number of alkyl halides is 3. The van der Waals surface area contributed by atoms with Gasteiger partial charge in [-0.25, -0.2) is 0 Å². The minimum Gasteiger partial charge on any atom is -0.379 e. The van der Waals surface area contributed by atoms with Crippen LogP contribution in [0.3, 0.4) is 0 Å². The molecule has 19 heavy (non-hydrogen) atoms. The summed E-state index contributed by atoms with van der Waals surface area (Å²) in [6.07, 6.45) is -2.95. The SMILES string of the molecule is NC(=O)C1(Cc2cccc(C(F)(F)F)c2)CC=NO1. The summed E-state index contributed by atoms with van der Waals surface area (Å²) < 4.78 is 37.8. The monoisotopic (exact) mass is 272 g/mol. The minimum absolute atomic E-state index is 0.0494. The summed E-state index contributed by atoms with van der Waals surface area (Å²) in [7, 11) is 0. The van der Waals surface area contributed by atoms with Crippen LogP contribution in [0.4, 0.5) is 13.2 Å². The van der Waals surface area contributed by atoms with Gasteiger partial charge in [0.05, 0.1) is 5.56 Å². The molecule has 102 valence electrons. The van der Waals surface area contributed by atoms with Gasteiger partial charge in [-0.2, -0.15) is 13.2 Å². The van der Waals surface area contributed by atoms with Crippen LogP contribution in [0.15, 0.2) is 29.4 Å². The van der Waals surface area contributed by atoms with E-state index in [0.717, 1.165) is 12.1 Å². The molecule has 0 fully saturated rings. The third-order valence-corrected chi connectivity index (χ3v) is 2.92. The molecule has 4 nitrogen and oxygen atoms in total. The number of nitrogens with zero attached hydrogens (tertiary/aromatic N) is 1. The maximum Gasteiger partial charge on any atom is 0.416 e. The lowest BCUT2D eigenvalue weighted by Crippen LogP contribution is -2.45. The fourth-order valence-electron chi connectivity index (χ4n) is 1.88. The molecule has 0 bridgehead atoms.